The van der Waals surface area contributed by atoms with Crippen molar-refractivity contribution in [3.8, 4) is 0 Å². The highest BCUT2D eigenvalue weighted by Crippen LogP contribution is 2.51. The van der Waals surface area contributed by atoms with Gasteiger partial charge in [0.15, 0.2) is 0 Å². The van der Waals surface area contributed by atoms with E-state index in [1.165, 1.54) is 19.3 Å². The van der Waals surface area contributed by atoms with Crippen LogP contribution in [-0.4, -0.2) is 34.1 Å². The molecule has 18 heavy (non-hydrogen) atoms. The highest BCUT2D eigenvalue weighted by Gasteiger charge is 2.54. The molecule has 0 radical (unpaired) electrons. The zero-order chi connectivity index (χ0) is 13.1. The van der Waals surface area contributed by atoms with Gasteiger partial charge >= 0.3 is 5.97 Å². The summed E-state index contributed by atoms with van der Waals surface area (Å²) in [4.78, 5) is 13.9. The molecule has 5 unspecified atom stereocenters. The van der Waals surface area contributed by atoms with Gasteiger partial charge in [-0.2, -0.15) is 0 Å². The molecule has 3 nitrogen and oxygen atoms in total. The van der Waals surface area contributed by atoms with Crippen LogP contribution in [0.15, 0.2) is 0 Å². The number of hydrogen-bond acceptors (Lipinski definition) is 2. The van der Waals surface area contributed by atoms with Gasteiger partial charge in [-0.1, -0.05) is 20.8 Å². The van der Waals surface area contributed by atoms with Crippen LogP contribution in [0.3, 0.4) is 0 Å². The van der Waals surface area contributed by atoms with Gasteiger partial charge in [-0.05, 0) is 43.4 Å². The van der Waals surface area contributed by atoms with Gasteiger partial charge in [0, 0.05) is 18.1 Å². The highest BCUT2D eigenvalue weighted by molar-refractivity contribution is 5.71. The molecule has 1 N–H and O–H groups in total. The topological polar surface area (TPSA) is 40.5 Å². The lowest BCUT2D eigenvalue weighted by atomic mass is 9.89. The Balaban J connectivity index is 1.80. The third-order valence-electron chi connectivity index (χ3n) is 5.58. The van der Waals surface area contributed by atoms with E-state index in [9.17, 15) is 9.90 Å². The Morgan fingerprint density at radius 3 is 2.44 bits per heavy atom. The molecule has 3 rings (SSSR count). The van der Waals surface area contributed by atoms with E-state index >= 15 is 0 Å². The lowest BCUT2D eigenvalue weighted by molar-refractivity contribution is -0.142. The maximum atomic E-state index is 11.3. The van der Waals surface area contributed by atoms with Crippen LogP contribution < -0.4 is 0 Å². The second-order valence-corrected chi connectivity index (χ2v) is 7.54. The van der Waals surface area contributed by atoms with Gasteiger partial charge in [-0.3, -0.25) is 9.69 Å². The molecule has 3 aliphatic rings. The Hall–Kier alpha value is -0.570. The monoisotopic (exact) mass is 251 g/mol. The summed E-state index contributed by atoms with van der Waals surface area (Å²) in [6.45, 7) is 7.07. The van der Waals surface area contributed by atoms with Crippen LogP contribution >= 0.6 is 0 Å². The van der Waals surface area contributed by atoms with Gasteiger partial charge in [-0.15, -0.1) is 0 Å². The van der Waals surface area contributed by atoms with E-state index < -0.39 is 5.97 Å². The molecule has 0 spiro atoms. The molecule has 0 amide bonds. The molecule has 3 heteroatoms. The molecule has 2 bridgehead atoms. The average Bonchev–Trinajstić information content (AvgIpc) is 2.88. The Kier molecular flexibility index (Phi) is 2.74. The molecule has 0 aromatic heterocycles. The highest BCUT2D eigenvalue weighted by atomic mass is 16.4. The second-order valence-electron chi connectivity index (χ2n) is 7.54. The molecule has 5 atom stereocenters. The number of fused-ring (bicyclic) bond motifs is 2. The first-order chi connectivity index (χ1) is 8.39. The number of carbonyl (C=O) groups is 1. The minimum atomic E-state index is -0.572. The van der Waals surface area contributed by atoms with Crippen LogP contribution in [0.5, 0.6) is 0 Å². The number of carboxylic acid groups (broad SMARTS) is 1. The fourth-order valence-corrected chi connectivity index (χ4v) is 5.07. The number of hydrogen-bond donors (Lipinski definition) is 1. The van der Waals surface area contributed by atoms with Crippen molar-refractivity contribution in [1.29, 1.82) is 0 Å². The summed E-state index contributed by atoms with van der Waals surface area (Å²) in [5.74, 6) is 0.0485. The van der Waals surface area contributed by atoms with Crippen LogP contribution in [0.25, 0.3) is 0 Å². The maximum Gasteiger partial charge on any atom is 0.308 e. The summed E-state index contributed by atoms with van der Waals surface area (Å²) in [6.07, 6.45) is 5.74. The predicted octanol–water partition coefficient (Wildman–Crippen LogP) is 2.75. The SMILES string of the molecule is CC1CC(C)(C)CC1N1C2CCC1C(C(=O)O)C2. The third kappa shape index (κ3) is 1.78. The molecule has 1 saturated carbocycles. The summed E-state index contributed by atoms with van der Waals surface area (Å²) in [6, 6.07) is 1.51. The fraction of sp³-hybridized carbons (Fsp3) is 0.933. The fourth-order valence-electron chi connectivity index (χ4n) is 5.07. The predicted molar refractivity (Wildman–Crippen MR) is 70.4 cm³/mol. The van der Waals surface area contributed by atoms with Crippen molar-refractivity contribution < 1.29 is 9.90 Å². The minimum Gasteiger partial charge on any atom is -0.481 e. The van der Waals surface area contributed by atoms with Gasteiger partial charge in [-0.25, -0.2) is 0 Å². The molecule has 3 fully saturated rings. The molecule has 2 heterocycles. The van der Waals surface area contributed by atoms with Crippen molar-refractivity contribution in [2.24, 2.45) is 17.3 Å². The molecule has 102 valence electrons. The first-order valence-corrected chi connectivity index (χ1v) is 7.39. The Morgan fingerprint density at radius 2 is 1.94 bits per heavy atom. The van der Waals surface area contributed by atoms with Gasteiger partial charge in [0.2, 0.25) is 0 Å². The number of rotatable bonds is 2. The zero-order valence-corrected chi connectivity index (χ0v) is 11.7. The summed E-state index contributed by atoms with van der Waals surface area (Å²) in [7, 11) is 0. The molecule has 2 aliphatic heterocycles. The van der Waals surface area contributed by atoms with Gasteiger partial charge in [0.1, 0.15) is 0 Å². The first kappa shape index (κ1) is 12.5. The van der Waals surface area contributed by atoms with Gasteiger partial charge in [0.05, 0.1) is 5.92 Å². The maximum absolute atomic E-state index is 11.3. The Labute approximate surface area is 110 Å². The van der Waals surface area contributed by atoms with Crippen molar-refractivity contribution in [2.45, 2.75) is 71.0 Å². The summed E-state index contributed by atoms with van der Waals surface area (Å²) < 4.78 is 0. The van der Waals surface area contributed by atoms with Gasteiger partial charge < -0.3 is 5.11 Å². The molecule has 0 aromatic carbocycles. The molecule has 1 aliphatic carbocycles. The number of nitrogens with zero attached hydrogens (tertiary/aromatic N) is 1. The molecule has 0 aromatic rings. The van der Waals surface area contributed by atoms with E-state index in [0.717, 1.165) is 18.8 Å². The van der Waals surface area contributed by atoms with Crippen molar-refractivity contribution >= 4 is 5.97 Å². The van der Waals surface area contributed by atoms with E-state index in [0.29, 0.717) is 23.5 Å². The molecular formula is C15H25NO2. The van der Waals surface area contributed by atoms with E-state index in [-0.39, 0.29) is 5.92 Å². The van der Waals surface area contributed by atoms with Crippen LogP contribution in [0.2, 0.25) is 0 Å². The summed E-state index contributed by atoms with van der Waals surface area (Å²) in [5.41, 5.74) is 0.435. The summed E-state index contributed by atoms with van der Waals surface area (Å²) >= 11 is 0. The zero-order valence-electron chi connectivity index (χ0n) is 11.7. The normalized spacial score (nSPS) is 46.7. The Bertz CT molecular complexity index is 366. The van der Waals surface area contributed by atoms with Crippen molar-refractivity contribution in [3.05, 3.63) is 0 Å². The summed E-state index contributed by atoms with van der Waals surface area (Å²) in [5, 5.41) is 9.34. The van der Waals surface area contributed by atoms with Crippen LogP contribution in [0, 0.1) is 17.3 Å². The number of aliphatic carboxylic acids is 1. The average molecular weight is 251 g/mol. The van der Waals surface area contributed by atoms with E-state index in [1.54, 1.807) is 0 Å². The van der Waals surface area contributed by atoms with E-state index in [4.69, 9.17) is 0 Å². The van der Waals surface area contributed by atoms with Crippen LogP contribution in [-0.2, 0) is 4.79 Å². The lowest BCUT2D eigenvalue weighted by Crippen LogP contribution is -2.42. The van der Waals surface area contributed by atoms with Gasteiger partial charge in [0.25, 0.3) is 0 Å². The largest absolute Gasteiger partial charge is 0.481 e. The quantitative estimate of drug-likeness (QED) is 0.820. The second kappa shape index (κ2) is 3.96. The minimum absolute atomic E-state index is 0.0975. The Morgan fingerprint density at radius 1 is 1.22 bits per heavy atom. The first-order valence-electron chi connectivity index (χ1n) is 7.39. The van der Waals surface area contributed by atoms with E-state index in [2.05, 4.69) is 25.7 Å². The van der Waals surface area contributed by atoms with Crippen molar-refractivity contribution in [3.63, 3.8) is 0 Å². The third-order valence-corrected chi connectivity index (χ3v) is 5.58. The van der Waals surface area contributed by atoms with Crippen LogP contribution in [0.1, 0.15) is 52.9 Å². The van der Waals surface area contributed by atoms with Crippen molar-refractivity contribution in [2.75, 3.05) is 0 Å². The standard InChI is InChI=1S/C15H25NO2/c1-9-7-15(2,3)8-13(9)16-10-4-5-12(16)11(6-10)14(17)18/h9-13H,4-8H2,1-3H3,(H,17,18). The van der Waals surface area contributed by atoms with Crippen LogP contribution in [0.4, 0.5) is 0 Å². The van der Waals surface area contributed by atoms with E-state index in [1.807, 2.05) is 0 Å². The van der Waals surface area contributed by atoms with Crippen molar-refractivity contribution in [1.82, 2.24) is 4.90 Å². The number of carboxylic acids is 1. The molecular weight excluding hydrogens is 226 g/mol. The lowest BCUT2D eigenvalue weighted by Gasteiger charge is -2.33. The smallest absolute Gasteiger partial charge is 0.308 e. The molecule has 2 saturated heterocycles.